The third-order valence-corrected chi connectivity index (χ3v) is 2.57. The number of hydrogen-bond acceptors (Lipinski definition) is 6. The number of H-pyrrole nitrogens is 1. The molecular formula is C10H7N5O2S. The Balaban J connectivity index is 2.10. The van der Waals surface area contributed by atoms with Crippen molar-refractivity contribution in [1.29, 1.82) is 0 Å². The lowest BCUT2D eigenvalue weighted by Gasteiger charge is -2.01. The van der Waals surface area contributed by atoms with Gasteiger partial charge in [0.1, 0.15) is 12.1 Å². The van der Waals surface area contributed by atoms with Crippen LogP contribution >= 0.6 is 12.2 Å². The molecule has 0 radical (unpaired) electrons. The third kappa shape index (κ3) is 1.82. The second kappa shape index (κ2) is 4.15. The summed E-state index contributed by atoms with van der Waals surface area (Å²) in [4.78, 5) is 12.3. The number of aromatic amines is 1. The SMILES string of the molecule is O=c1c2ccccc2nnn1Cc1n[nH]c(=S)o1. The Morgan fingerprint density at radius 3 is 3.00 bits per heavy atom. The van der Waals surface area contributed by atoms with E-state index in [0.29, 0.717) is 10.9 Å². The van der Waals surface area contributed by atoms with Gasteiger partial charge in [-0.2, -0.15) is 0 Å². The zero-order valence-corrected chi connectivity index (χ0v) is 9.85. The van der Waals surface area contributed by atoms with E-state index in [0.717, 1.165) is 0 Å². The van der Waals surface area contributed by atoms with Crippen LogP contribution in [0.15, 0.2) is 33.5 Å². The molecule has 90 valence electrons. The van der Waals surface area contributed by atoms with E-state index in [1.165, 1.54) is 4.68 Å². The van der Waals surface area contributed by atoms with Crippen LogP contribution in [0.1, 0.15) is 5.89 Å². The molecule has 1 N–H and O–H groups in total. The number of hydrogen-bond donors (Lipinski definition) is 1. The molecule has 2 aromatic heterocycles. The zero-order chi connectivity index (χ0) is 12.5. The average molecular weight is 261 g/mol. The second-order valence-corrected chi connectivity index (χ2v) is 3.95. The highest BCUT2D eigenvalue weighted by molar-refractivity contribution is 7.71. The fraction of sp³-hybridized carbons (Fsp3) is 0.100. The van der Waals surface area contributed by atoms with Gasteiger partial charge in [-0.1, -0.05) is 17.3 Å². The van der Waals surface area contributed by atoms with Crippen molar-refractivity contribution in [2.24, 2.45) is 0 Å². The summed E-state index contributed by atoms with van der Waals surface area (Å²) in [6.45, 7) is 0.0871. The summed E-state index contributed by atoms with van der Waals surface area (Å²) >= 11 is 4.75. The van der Waals surface area contributed by atoms with Gasteiger partial charge in [-0.15, -0.1) is 10.2 Å². The lowest BCUT2D eigenvalue weighted by atomic mass is 10.2. The van der Waals surface area contributed by atoms with Crippen molar-refractivity contribution in [3.63, 3.8) is 0 Å². The molecule has 0 aliphatic rings. The van der Waals surface area contributed by atoms with Crippen LogP contribution in [0.3, 0.4) is 0 Å². The van der Waals surface area contributed by atoms with Crippen molar-refractivity contribution in [3.8, 4) is 0 Å². The maximum Gasteiger partial charge on any atom is 0.284 e. The Kier molecular flexibility index (Phi) is 2.49. The maximum absolute atomic E-state index is 12.1. The zero-order valence-electron chi connectivity index (χ0n) is 9.03. The van der Waals surface area contributed by atoms with Crippen molar-refractivity contribution < 1.29 is 4.42 Å². The van der Waals surface area contributed by atoms with E-state index in [2.05, 4.69) is 20.5 Å². The molecule has 7 nitrogen and oxygen atoms in total. The number of rotatable bonds is 2. The van der Waals surface area contributed by atoms with E-state index in [-0.39, 0.29) is 22.8 Å². The minimum absolute atomic E-state index is 0.0871. The molecule has 0 unspecified atom stereocenters. The van der Waals surface area contributed by atoms with Crippen molar-refractivity contribution in [2.45, 2.75) is 6.54 Å². The van der Waals surface area contributed by atoms with Gasteiger partial charge < -0.3 is 4.42 Å². The molecule has 0 bridgehead atoms. The summed E-state index contributed by atoms with van der Waals surface area (Å²) < 4.78 is 6.25. The summed E-state index contributed by atoms with van der Waals surface area (Å²) in [5.41, 5.74) is 0.311. The first-order chi connectivity index (χ1) is 8.74. The largest absolute Gasteiger partial charge is 0.412 e. The van der Waals surface area contributed by atoms with Crippen LogP contribution in [-0.4, -0.2) is 25.2 Å². The number of aromatic nitrogens is 5. The van der Waals surface area contributed by atoms with Crippen LogP contribution in [-0.2, 0) is 6.54 Å². The van der Waals surface area contributed by atoms with Gasteiger partial charge in [0.25, 0.3) is 10.4 Å². The molecule has 1 aromatic carbocycles. The van der Waals surface area contributed by atoms with Gasteiger partial charge in [-0.3, -0.25) is 4.79 Å². The monoisotopic (exact) mass is 261 g/mol. The molecule has 8 heteroatoms. The Bertz CT molecular complexity index is 818. The molecule has 0 aliphatic carbocycles. The lowest BCUT2D eigenvalue weighted by molar-refractivity contribution is 0.441. The van der Waals surface area contributed by atoms with Crippen molar-refractivity contribution in [3.05, 3.63) is 45.3 Å². The molecule has 3 aromatic rings. The minimum atomic E-state index is -0.246. The smallest absolute Gasteiger partial charge is 0.284 e. The van der Waals surface area contributed by atoms with Crippen LogP contribution < -0.4 is 5.56 Å². The second-order valence-electron chi connectivity index (χ2n) is 3.58. The number of benzene rings is 1. The Labute approximate surface area is 105 Å². The Morgan fingerprint density at radius 1 is 1.39 bits per heavy atom. The summed E-state index contributed by atoms with van der Waals surface area (Å²) in [7, 11) is 0. The van der Waals surface area contributed by atoms with Crippen molar-refractivity contribution in [1.82, 2.24) is 25.2 Å². The standard InChI is InChI=1S/C10H7N5O2S/c16-9-6-3-1-2-4-7(6)11-14-15(9)5-8-12-13-10(18)17-8/h1-4H,5H2,(H,13,18). The first-order valence-corrected chi connectivity index (χ1v) is 5.52. The molecular weight excluding hydrogens is 254 g/mol. The first-order valence-electron chi connectivity index (χ1n) is 5.11. The first kappa shape index (κ1) is 10.8. The van der Waals surface area contributed by atoms with Gasteiger partial charge in [0, 0.05) is 0 Å². The fourth-order valence-electron chi connectivity index (χ4n) is 1.58. The number of nitrogens with zero attached hydrogens (tertiary/aromatic N) is 4. The van der Waals surface area contributed by atoms with Crippen LogP contribution in [0.4, 0.5) is 0 Å². The molecule has 18 heavy (non-hydrogen) atoms. The van der Waals surface area contributed by atoms with Crippen molar-refractivity contribution in [2.75, 3.05) is 0 Å². The van der Waals surface area contributed by atoms with Gasteiger partial charge in [-0.25, -0.2) is 9.78 Å². The highest BCUT2D eigenvalue weighted by atomic mass is 32.1. The predicted octanol–water partition coefficient (Wildman–Crippen LogP) is 0.885. The molecule has 3 rings (SSSR count). The normalized spacial score (nSPS) is 10.9. The van der Waals surface area contributed by atoms with Crippen LogP contribution in [0.5, 0.6) is 0 Å². The summed E-state index contributed by atoms with van der Waals surface area (Å²) in [6, 6.07) is 7.00. The maximum atomic E-state index is 12.1. The lowest BCUT2D eigenvalue weighted by Crippen LogP contribution is -2.24. The molecule has 0 amide bonds. The summed E-state index contributed by atoms with van der Waals surface area (Å²) in [5.74, 6) is 0.284. The van der Waals surface area contributed by atoms with Gasteiger partial charge in [-0.05, 0) is 24.4 Å². The third-order valence-electron chi connectivity index (χ3n) is 2.40. The van der Waals surface area contributed by atoms with Gasteiger partial charge in [0.15, 0.2) is 0 Å². The summed E-state index contributed by atoms with van der Waals surface area (Å²) in [6.07, 6.45) is 0. The predicted molar refractivity (Wildman–Crippen MR) is 64.6 cm³/mol. The molecule has 0 spiro atoms. The van der Waals surface area contributed by atoms with E-state index in [1.807, 2.05) is 0 Å². The summed E-state index contributed by atoms with van der Waals surface area (Å²) in [5, 5.41) is 14.6. The van der Waals surface area contributed by atoms with E-state index in [4.69, 9.17) is 16.6 Å². The number of nitrogens with one attached hydrogen (secondary N) is 1. The van der Waals surface area contributed by atoms with E-state index >= 15 is 0 Å². The molecule has 0 atom stereocenters. The van der Waals surface area contributed by atoms with Crippen LogP contribution in [0.25, 0.3) is 10.9 Å². The van der Waals surface area contributed by atoms with Gasteiger partial charge in [0.2, 0.25) is 5.89 Å². The van der Waals surface area contributed by atoms with E-state index in [1.54, 1.807) is 24.3 Å². The highest BCUT2D eigenvalue weighted by Crippen LogP contribution is 2.04. The van der Waals surface area contributed by atoms with E-state index in [9.17, 15) is 4.79 Å². The van der Waals surface area contributed by atoms with Gasteiger partial charge >= 0.3 is 0 Å². The molecule has 2 heterocycles. The Hall–Kier alpha value is -2.35. The van der Waals surface area contributed by atoms with Crippen LogP contribution in [0.2, 0.25) is 0 Å². The molecule has 0 aliphatic heterocycles. The fourth-order valence-corrected chi connectivity index (χ4v) is 1.73. The molecule has 0 fully saturated rings. The topological polar surface area (TPSA) is 89.6 Å². The van der Waals surface area contributed by atoms with Gasteiger partial charge in [0.05, 0.1) is 5.39 Å². The van der Waals surface area contributed by atoms with Crippen molar-refractivity contribution >= 4 is 23.1 Å². The minimum Gasteiger partial charge on any atom is -0.412 e. The van der Waals surface area contributed by atoms with Crippen LogP contribution in [0, 0.1) is 4.84 Å². The highest BCUT2D eigenvalue weighted by Gasteiger charge is 2.08. The number of fused-ring (bicyclic) bond motifs is 1. The average Bonchev–Trinajstić information content (AvgIpc) is 2.79. The molecule has 0 saturated carbocycles. The molecule has 0 saturated heterocycles. The quantitative estimate of drug-likeness (QED) is 0.689. The Morgan fingerprint density at radius 2 is 2.22 bits per heavy atom. The van der Waals surface area contributed by atoms with E-state index < -0.39 is 0 Å².